The summed E-state index contributed by atoms with van der Waals surface area (Å²) in [6.45, 7) is 6.00. The molecule has 0 aliphatic carbocycles. The average molecular weight is 556 g/mol. The Labute approximate surface area is 240 Å². The number of rotatable bonds is 3. The van der Waals surface area contributed by atoms with Gasteiger partial charge in [-0.2, -0.15) is 35.0 Å². The van der Waals surface area contributed by atoms with E-state index in [-0.39, 0.29) is 26.2 Å². The molecule has 0 aromatic heterocycles. The van der Waals surface area contributed by atoms with E-state index in [1.807, 2.05) is 36.4 Å². The van der Waals surface area contributed by atoms with Crippen LogP contribution in [-0.2, 0) is 26.2 Å². The third-order valence-corrected chi connectivity index (χ3v) is 5.38. The van der Waals surface area contributed by atoms with Crippen LogP contribution in [0, 0.1) is 0 Å². The predicted molar refractivity (Wildman–Crippen MR) is 161 cm³/mol. The van der Waals surface area contributed by atoms with E-state index in [4.69, 9.17) is 0 Å². The SMILES string of the molecule is C(C=Cc1ccccc1)=Cc1ccccc1.C=C.[Zr+2].c1ccc2[cH-]ccc2c1.c1ccc2[cH-]ccc2c1. The van der Waals surface area contributed by atoms with E-state index < -0.39 is 0 Å². The van der Waals surface area contributed by atoms with Gasteiger partial charge in [0.05, 0.1) is 0 Å². The molecular weight excluding hydrogens is 524 g/mol. The maximum atomic E-state index is 3.00. The molecule has 0 saturated carbocycles. The summed E-state index contributed by atoms with van der Waals surface area (Å²) in [5.74, 6) is 0. The van der Waals surface area contributed by atoms with Gasteiger partial charge in [-0.1, -0.05) is 97.1 Å². The molecule has 6 aromatic rings. The van der Waals surface area contributed by atoms with Gasteiger partial charge in [0.15, 0.2) is 0 Å². The summed E-state index contributed by atoms with van der Waals surface area (Å²) in [4.78, 5) is 0. The fraction of sp³-hybridized carbons (Fsp3) is 0. The molecule has 0 fully saturated rings. The Morgan fingerprint density at radius 3 is 1.16 bits per heavy atom. The Hall–Kier alpha value is -3.80. The zero-order valence-electron chi connectivity index (χ0n) is 21.1. The molecule has 0 saturated heterocycles. The third-order valence-electron chi connectivity index (χ3n) is 5.38. The molecule has 0 bridgehead atoms. The van der Waals surface area contributed by atoms with Crippen LogP contribution < -0.4 is 0 Å². The fourth-order valence-electron chi connectivity index (χ4n) is 3.60. The molecule has 0 heterocycles. The Morgan fingerprint density at radius 2 is 0.784 bits per heavy atom. The summed E-state index contributed by atoms with van der Waals surface area (Å²) in [5.41, 5.74) is 2.44. The first-order valence-corrected chi connectivity index (χ1v) is 12.0. The first-order chi connectivity index (χ1) is 17.9. The van der Waals surface area contributed by atoms with Crippen molar-refractivity contribution in [2.45, 2.75) is 0 Å². The standard InChI is InChI=1S/C16H14.2C9H7.C2H4.Zr/c1-3-9-15(10-4-1)13-7-8-14-16-11-5-2-6-12-16;2*1-2-5-9-7-3-6-8(9)4-1;1-2;/h1-14H;2*1-7H;1-2H2;/q;2*-1;;+2. The van der Waals surface area contributed by atoms with E-state index in [1.165, 1.54) is 32.7 Å². The zero-order chi connectivity index (χ0) is 25.3. The number of hydrogen-bond acceptors (Lipinski definition) is 0. The molecule has 0 amide bonds. The van der Waals surface area contributed by atoms with Crippen LogP contribution in [0.1, 0.15) is 11.1 Å². The number of allylic oxidation sites excluding steroid dienone is 2. The summed E-state index contributed by atoms with van der Waals surface area (Å²) in [5, 5.41) is 5.32. The quantitative estimate of drug-likeness (QED) is 0.116. The van der Waals surface area contributed by atoms with Crippen LogP contribution in [0.4, 0.5) is 0 Å². The largest absolute Gasteiger partial charge is 2.00 e. The van der Waals surface area contributed by atoms with Gasteiger partial charge in [0.1, 0.15) is 0 Å². The van der Waals surface area contributed by atoms with E-state index in [2.05, 4.69) is 147 Å². The maximum Gasteiger partial charge on any atom is 2.00 e. The second kappa shape index (κ2) is 17.6. The molecular formula is C36H32Zr. The minimum atomic E-state index is 0. The summed E-state index contributed by atoms with van der Waals surface area (Å²) < 4.78 is 0. The predicted octanol–water partition coefficient (Wildman–Crippen LogP) is 10.3. The Balaban J connectivity index is 0.000000197. The first kappa shape index (κ1) is 29.4. The van der Waals surface area contributed by atoms with Crippen LogP contribution in [0.15, 0.2) is 171 Å². The number of fused-ring (bicyclic) bond motifs is 2. The average Bonchev–Trinajstić information content (AvgIpc) is 3.64. The van der Waals surface area contributed by atoms with Crippen LogP contribution in [0.25, 0.3) is 33.7 Å². The Kier molecular flexibility index (Phi) is 14.0. The van der Waals surface area contributed by atoms with Crippen molar-refractivity contribution >= 4 is 33.7 Å². The van der Waals surface area contributed by atoms with Crippen molar-refractivity contribution in [3.8, 4) is 0 Å². The van der Waals surface area contributed by atoms with E-state index >= 15 is 0 Å². The van der Waals surface area contributed by atoms with Gasteiger partial charge in [0.25, 0.3) is 0 Å². The van der Waals surface area contributed by atoms with Crippen LogP contribution in [0.2, 0.25) is 0 Å². The van der Waals surface area contributed by atoms with Crippen molar-refractivity contribution in [1.82, 2.24) is 0 Å². The summed E-state index contributed by atoms with van der Waals surface area (Å²) in [6, 6.07) is 49.9. The van der Waals surface area contributed by atoms with Gasteiger partial charge >= 0.3 is 26.2 Å². The van der Waals surface area contributed by atoms with Crippen molar-refractivity contribution in [1.29, 1.82) is 0 Å². The van der Waals surface area contributed by atoms with Crippen molar-refractivity contribution in [3.63, 3.8) is 0 Å². The van der Waals surface area contributed by atoms with Gasteiger partial charge in [-0.15, -0.1) is 72.5 Å². The molecule has 0 unspecified atom stereocenters. The molecule has 6 aromatic carbocycles. The molecule has 37 heavy (non-hydrogen) atoms. The minimum Gasteiger partial charge on any atom is -0.168 e. The smallest absolute Gasteiger partial charge is 0.168 e. The van der Waals surface area contributed by atoms with Crippen molar-refractivity contribution in [3.05, 3.63) is 182 Å². The van der Waals surface area contributed by atoms with Gasteiger partial charge in [-0.05, 0) is 11.1 Å². The maximum absolute atomic E-state index is 3.00. The summed E-state index contributed by atoms with van der Waals surface area (Å²) >= 11 is 0. The Bertz CT molecular complexity index is 1280. The van der Waals surface area contributed by atoms with Gasteiger partial charge in [0, 0.05) is 0 Å². The first-order valence-electron chi connectivity index (χ1n) is 12.0. The van der Waals surface area contributed by atoms with Gasteiger partial charge < -0.3 is 0 Å². The van der Waals surface area contributed by atoms with Crippen LogP contribution >= 0.6 is 0 Å². The monoisotopic (exact) mass is 554 g/mol. The summed E-state index contributed by atoms with van der Waals surface area (Å²) in [7, 11) is 0. The molecule has 0 radical (unpaired) electrons. The second-order valence-electron chi connectivity index (χ2n) is 7.85. The van der Waals surface area contributed by atoms with E-state index in [1.54, 1.807) is 0 Å². The minimum absolute atomic E-state index is 0. The molecule has 180 valence electrons. The molecule has 0 aliphatic rings. The van der Waals surface area contributed by atoms with Gasteiger partial charge in [-0.3, -0.25) is 0 Å². The van der Waals surface area contributed by atoms with Crippen LogP contribution in [0.5, 0.6) is 0 Å². The summed E-state index contributed by atoms with van der Waals surface area (Å²) in [6.07, 6.45) is 8.31. The molecule has 0 N–H and O–H groups in total. The topological polar surface area (TPSA) is 0 Å². The molecule has 0 nitrogen and oxygen atoms in total. The molecule has 6 rings (SSSR count). The van der Waals surface area contributed by atoms with Gasteiger partial charge in [0.2, 0.25) is 0 Å². The Morgan fingerprint density at radius 1 is 0.432 bits per heavy atom. The number of hydrogen-bond donors (Lipinski definition) is 0. The molecule has 1 heteroatoms. The number of benzene rings is 4. The van der Waals surface area contributed by atoms with E-state index in [0.29, 0.717) is 0 Å². The van der Waals surface area contributed by atoms with E-state index in [0.717, 1.165) is 0 Å². The molecule has 0 spiro atoms. The van der Waals surface area contributed by atoms with Crippen molar-refractivity contribution < 1.29 is 26.2 Å². The van der Waals surface area contributed by atoms with Gasteiger partial charge in [-0.25, -0.2) is 0 Å². The van der Waals surface area contributed by atoms with E-state index in [9.17, 15) is 0 Å². The molecule has 0 atom stereocenters. The van der Waals surface area contributed by atoms with Crippen molar-refractivity contribution in [2.24, 2.45) is 0 Å². The van der Waals surface area contributed by atoms with Crippen LogP contribution in [0.3, 0.4) is 0 Å². The van der Waals surface area contributed by atoms with Crippen LogP contribution in [-0.4, -0.2) is 0 Å². The normalized spacial score (nSPS) is 9.95. The second-order valence-corrected chi connectivity index (χ2v) is 7.85. The van der Waals surface area contributed by atoms with Crippen molar-refractivity contribution in [2.75, 3.05) is 0 Å². The third kappa shape index (κ3) is 10.4. The zero-order valence-corrected chi connectivity index (χ0v) is 23.5. The fourth-order valence-corrected chi connectivity index (χ4v) is 3.60. The molecule has 0 aliphatic heterocycles.